The minimum atomic E-state index is 0.451. The molecule has 1 rings (SSSR count). The van der Waals surface area contributed by atoms with Gasteiger partial charge in [-0.3, -0.25) is 0 Å². The van der Waals surface area contributed by atoms with E-state index in [1.165, 1.54) is 9.35 Å². The molecule has 0 aliphatic rings. The minimum absolute atomic E-state index is 0.451. The summed E-state index contributed by atoms with van der Waals surface area (Å²) in [4.78, 5) is 1.39. The highest BCUT2D eigenvalue weighted by Gasteiger charge is 2.11. The fourth-order valence-electron chi connectivity index (χ4n) is 1.44. The largest absolute Gasteiger partial charge is 0.309 e. The van der Waals surface area contributed by atoms with E-state index < -0.39 is 0 Å². The maximum absolute atomic E-state index is 3.49. The first-order chi connectivity index (χ1) is 7.27. The molecule has 0 spiro atoms. The summed E-state index contributed by atoms with van der Waals surface area (Å²) in [5.74, 6) is 6.05. The predicted molar refractivity (Wildman–Crippen MR) is 71.1 cm³/mol. The number of thiophene rings is 1. The summed E-state index contributed by atoms with van der Waals surface area (Å²) < 4.78 is 1.17. The Hall–Kier alpha value is -0.300. The van der Waals surface area contributed by atoms with Gasteiger partial charge in [-0.2, -0.15) is 0 Å². The van der Waals surface area contributed by atoms with E-state index in [1.807, 2.05) is 6.92 Å². The SMILES string of the molecule is CC#CCCC(NCC)c1cc(Br)cs1. The van der Waals surface area contributed by atoms with Crippen LogP contribution in [0.2, 0.25) is 0 Å². The fraction of sp³-hybridized carbons (Fsp3) is 0.500. The molecule has 1 unspecified atom stereocenters. The number of nitrogens with one attached hydrogen (secondary N) is 1. The van der Waals surface area contributed by atoms with Gasteiger partial charge in [0.1, 0.15) is 0 Å². The Morgan fingerprint density at radius 1 is 1.60 bits per heavy atom. The van der Waals surface area contributed by atoms with Crippen LogP contribution in [0.1, 0.15) is 37.6 Å². The minimum Gasteiger partial charge on any atom is -0.309 e. The third-order valence-electron chi connectivity index (χ3n) is 2.12. The summed E-state index contributed by atoms with van der Waals surface area (Å²) in [6, 6.07) is 2.64. The highest BCUT2D eigenvalue weighted by molar-refractivity contribution is 9.10. The Morgan fingerprint density at radius 3 is 2.93 bits per heavy atom. The third-order valence-corrected chi connectivity index (χ3v) is 3.92. The molecule has 0 aliphatic heterocycles. The van der Waals surface area contributed by atoms with E-state index in [1.54, 1.807) is 11.3 Å². The van der Waals surface area contributed by atoms with Gasteiger partial charge >= 0.3 is 0 Å². The Labute approximate surface area is 104 Å². The molecule has 1 heterocycles. The standard InChI is InChI=1S/C12H16BrNS/c1-3-5-6-7-11(14-4-2)12-8-10(13)9-15-12/h8-9,11,14H,4,6-7H2,1-2H3. The second-order valence-electron chi connectivity index (χ2n) is 3.24. The lowest BCUT2D eigenvalue weighted by Crippen LogP contribution is -2.19. The van der Waals surface area contributed by atoms with E-state index in [4.69, 9.17) is 0 Å². The number of hydrogen-bond donors (Lipinski definition) is 1. The Morgan fingerprint density at radius 2 is 2.40 bits per heavy atom. The molecular weight excluding hydrogens is 270 g/mol. The van der Waals surface area contributed by atoms with E-state index in [0.29, 0.717) is 6.04 Å². The summed E-state index contributed by atoms with van der Waals surface area (Å²) in [6.45, 7) is 5.03. The first-order valence-corrected chi connectivity index (χ1v) is 6.82. The normalized spacial score (nSPS) is 11.9. The van der Waals surface area contributed by atoms with E-state index in [0.717, 1.165) is 19.4 Å². The molecule has 1 nitrogen and oxygen atoms in total. The summed E-state index contributed by atoms with van der Waals surface area (Å²) in [5, 5.41) is 5.62. The zero-order chi connectivity index (χ0) is 11.1. The molecule has 0 saturated carbocycles. The number of hydrogen-bond acceptors (Lipinski definition) is 2. The smallest absolute Gasteiger partial charge is 0.0424 e. The van der Waals surface area contributed by atoms with Crippen molar-refractivity contribution in [1.82, 2.24) is 5.32 Å². The molecule has 0 saturated heterocycles. The number of rotatable bonds is 5. The molecule has 1 N–H and O–H groups in total. The van der Waals surface area contributed by atoms with Crippen molar-refractivity contribution in [2.24, 2.45) is 0 Å². The van der Waals surface area contributed by atoms with Crippen molar-refractivity contribution < 1.29 is 0 Å². The van der Waals surface area contributed by atoms with Crippen LogP contribution in [-0.2, 0) is 0 Å². The highest BCUT2D eigenvalue weighted by Crippen LogP contribution is 2.28. The van der Waals surface area contributed by atoms with Gasteiger partial charge in [-0.1, -0.05) is 6.92 Å². The van der Waals surface area contributed by atoms with Crippen LogP contribution in [0.5, 0.6) is 0 Å². The van der Waals surface area contributed by atoms with E-state index >= 15 is 0 Å². The third kappa shape index (κ3) is 4.38. The zero-order valence-electron chi connectivity index (χ0n) is 9.14. The average molecular weight is 286 g/mol. The maximum Gasteiger partial charge on any atom is 0.0424 e. The fourth-order valence-corrected chi connectivity index (χ4v) is 3.00. The van der Waals surface area contributed by atoms with Crippen LogP contribution in [0.4, 0.5) is 0 Å². The summed E-state index contributed by atoms with van der Waals surface area (Å²) in [5.41, 5.74) is 0. The van der Waals surface area contributed by atoms with Gasteiger partial charge < -0.3 is 5.32 Å². The van der Waals surface area contributed by atoms with Gasteiger partial charge in [0.05, 0.1) is 0 Å². The zero-order valence-corrected chi connectivity index (χ0v) is 11.5. The van der Waals surface area contributed by atoms with Gasteiger partial charge in [-0.25, -0.2) is 0 Å². The van der Waals surface area contributed by atoms with Crippen LogP contribution in [-0.4, -0.2) is 6.54 Å². The average Bonchev–Trinajstić information content (AvgIpc) is 2.64. The van der Waals surface area contributed by atoms with Crippen molar-refractivity contribution in [2.45, 2.75) is 32.7 Å². The van der Waals surface area contributed by atoms with Gasteiger partial charge in [-0.15, -0.1) is 23.2 Å². The summed E-state index contributed by atoms with van der Waals surface area (Å²) in [6.07, 6.45) is 2.05. The van der Waals surface area contributed by atoms with Crippen LogP contribution < -0.4 is 5.32 Å². The Balaban J connectivity index is 2.59. The molecule has 1 aromatic heterocycles. The lowest BCUT2D eigenvalue weighted by molar-refractivity contribution is 0.530. The second kappa shape index (κ2) is 7.05. The highest BCUT2D eigenvalue weighted by atomic mass is 79.9. The van der Waals surface area contributed by atoms with Gasteiger partial charge in [0, 0.05) is 27.2 Å². The molecular formula is C12H16BrNS. The maximum atomic E-state index is 3.49. The molecule has 0 fully saturated rings. The molecule has 1 aromatic rings. The quantitative estimate of drug-likeness (QED) is 0.808. The van der Waals surface area contributed by atoms with Crippen molar-refractivity contribution in [2.75, 3.05) is 6.54 Å². The predicted octanol–water partition coefficient (Wildman–Crippen LogP) is 3.96. The second-order valence-corrected chi connectivity index (χ2v) is 5.10. The van der Waals surface area contributed by atoms with Crippen LogP contribution in [0.25, 0.3) is 0 Å². The van der Waals surface area contributed by atoms with Crippen LogP contribution in [0.15, 0.2) is 15.9 Å². The van der Waals surface area contributed by atoms with E-state index in [-0.39, 0.29) is 0 Å². The van der Waals surface area contributed by atoms with Crippen molar-refractivity contribution in [3.63, 3.8) is 0 Å². The summed E-state index contributed by atoms with van der Waals surface area (Å²) >= 11 is 5.29. The van der Waals surface area contributed by atoms with Gasteiger partial charge in [-0.05, 0) is 41.9 Å². The first kappa shape index (κ1) is 12.8. The molecule has 0 bridgehead atoms. The van der Waals surface area contributed by atoms with Crippen LogP contribution >= 0.6 is 27.3 Å². The molecule has 0 radical (unpaired) electrons. The van der Waals surface area contributed by atoms with Crippen molar-refractivity contribution in [3.8, 4) is 11.8 Å². The number of halogens is 1. The topological polar surface area (TPSA) is 12.0 Å². The molecule has 15 heavy (non-hydrogen) atoms. The molecule has 1 atom stereocenters. The molecule has 82 valence electrons. The molecule has 0 aromatic carbocycles. The lowest BCUT2D eigenvalue weighted by atomic mass is 10.1. The van der Waals surface area contributed by atoms with Gasteiger partial charge in [0.25, 0.3) is 0 Å². The van der Waals surface area contributed by atoms with E-state index in [2.05, 4.69) is 51.5 Å². The molecule has 0 aliphatic carbocycles. The van der Waals surface area contributed by atoms with Crippen molar-refractivity contribution in [1.29, 1.82) is 0 Å². The van der Waals surface area contributed by atoms with Crippen molar-refractivity contribution in [3.05, 3.63) is 20.8 Å². The Bertz CT molecular complexity index is 348. The summed E-state index contributed by atoms with van der Waals surface area (Å²) in [7, 11) is 0. The van der Waals surface area contributed by atoms with Crippen LogP contribution in [0, 0.1) is 11.8 Å². The lowest BCUT2D eigenvalue weighted by Gasteiger charge is -2.14. The first-order valence-electron chi connectivity index (χ1n) is 5.14. The van der Waals surface area contributed by atoms with Gasteiger partial charge in [0.15, 0.2) is 0 Å². The molecule has 3 heteroatoms. The Kier molecular flexibility index (Phi) is 6.00. The van der Waals surface area contributed by atoms with Gasteiger partial charge in [0.2, 0.25) is 0 Å². The van der Waals surface area contributed by atoms with E-state index in [9.17, 15) is 0 Å². The molecule has 0 amide bonds. The van der Waals surface area contributed by atoms with Crippen LogP contribution in [0.3, 0.4) is 0 Å². The monoisotopic (exact) mass is 285 g/mol. The van der Waals surface area contributed by atoms with Crippen molar-refractivity contribution >= 4 is 27.3 Å².